The molecule has 1 aromatic heterocycles. The number of aryl methyl sites for hydroxylation is 1. The summed E-state index contributed by atoms with van der Waals surface area (Å²) in [6.07, 6.45) is 0.853. The van der Waals surface area contributed by atoms with Crippen molar-refractivity contribution in [1.29, 1.82) is 0 Å². The Labute approximate surface area is 194 Å². The molecule has 0 bridgehead atoms. The molecular formula is C24H31N3O3S2. The Balaban J connectivity index is 2.09. The number of rotatable bonds is 10. The number of amides is 1. The second kappa shape index (κ2) is 10.6. The first-order valence-corrected chi connectivity index (χ1v) is 13.6. The number of benzene rings is 2. The van der Waals surface area contributed by atoms with Gasteiger partial charge in [0.2, 0.25) is 0 Å². The van der Waals surface area contributed by atoms with Crippen molar-refractivity contribution in [2.24, 2.45) is 0 Å². The fourth-order valence-corrected chi connectivity index (χ4v) is 5.80. The third-order valence-corrected chi connectivity index (χ3v) is 8.54. The van der Waals surface area contributed by atoms with Crippen molar-refractivity contribution < 1.29 is 13.2 Å². The average Bonchev–Trinajstić information content (AvgIpc) is 3.25. The van der Waals surface area contributed by atoms with E-state index in [4.69, 9.17) is 4.98 Å². The van der Waals surface area contributed by atoms with E-state index >= 15 is 0 Å². The summed E-state index contributed by atoms with van der Waals surface area (Å²) in [4.78, 5) is 22.5. The Kier molecular flexibility index (Phi) is 8.03. The Morgan fingerprint density at radius 3 is 2.34 bits per heavy atom. The van der Waals surface area contributed by atoms with Gasteiger partial charge in [0.1, 0.15) is 0 Å². The molecular weight excluding hydrogens is 442 g/mol. The van der Waals surface area contributed by atoms with E-state index in [0.29, 0.717) is 18.2 Å². The number of hydrogen-bond donors (Lipinski definition) is 0. The number of aromatic nitrogens is 1. The van der Waals surface area contributed by atoms with Crippen LogP contribution in [0.15, 0.2) is 47.4 Å². The van der Waals surface area contributed by atoms with Crippen molar-refractivity contribution in [3.05, 3.63) is 53.6 Å². The first-order valence-electron chi connectivity index (χ1n) is 11.1. The normalized spacial score (nSPS) is 11.9. The van der Waals surface area contributed by atoms with Gasteiger partial charge < -0.3 is 4.90 Å². The van der Waals surface area contributed by atoms with E-state index < -0.39 is 9.84 Å². The smallest absolute Gasteiger partial charge is 0.261 e. The summed E-state index contributed by atoms with van der Waals surface area (Å²) < 4.78 is 26.4. The second-order valence-corrected chi connectivity index (χ2v) is 10.8. The molecule has 0 radical (unpaired) electrons. The highest BCUT2D eigenvalue weighted by Crippen LogP contribution is 2.32. The lowest BCUT2D eigenvalue weighted by molar-refractivity contribution is 0.0980. The lowest BCUT2D eigenvalue weighted by Gasteiger charge is -2.25. The molecule has 0 spiro atoms. The van der Waals surface area contributed by atoms with Crippen LogP contribution in [0.25, 0.3) is 10.2 Å². The molecule has 0 saturated heterocycles. The lowest BCUT2D eigenvalue weighted by atomic mass is 10.1. The van der Waals surface area contributed by atoms with Gasteiger partial charge in [-0.25, -0.2) is 13.4 Å². The average molecular weight is 474 g/mol. The van der Waals surface area contributed by atoms with E-state index in [0.717, 1.165) is 35.3 Å². The maximum atomic E-state index is 13.8. The van der Waals surface area contributed by atoms with Crippen LogP contribution >= 0.6 is 11.3 Å². The zero-order chi connectivity index (χ0) is 23.3. The molecule has 3 aromatic rings. The number of nitrogens with zero attached hydrogens (tertiary/aromatic N) is 3. The number of sulfone groups is 1. The van der Waals surface area contributed by atoms with Crippen molar-refractivity contribution in [3.63, 3.8) is 0 Å². The molecule has 0 N–H and O–H groups in total. The monoisotopic (exact) mass is 473 g/mol. The summed E-state index contributed by atoms with van der Waals surface area (Å²) >= 11 is 1.47. The summed E-state index contributed by atoms with van der Waals surface area (Å²) in [6, 6.07) is 12.6. The summed E-state index contributed by atoms with van der Waals surface area (Å²) in [6.45, 7) is 10.7. The van der Waals surface area contributed by atoms with Gasteiger partial charge in [-0.15, -0.1) is 0 Å². The SMILES string of the molecule is CCc1cccc2sc(N(CCN(CC)CC)C(=O)c3ccccc3S(=O)(=O)CC)nc12. The third kappa shape index (κ3) is 5.03. The molecule has 2 aromatic carbocycles. The number of anilines is 1. The van der Waals surface area contributed by atoms with Crippen molar-refractivity contribution in [2.75, 3.05) is 36.8 Å². The molecule has 8 heteroatoms. The van der Waals surface area contributed by atoms with Crippen molar-refractivity contribution in [3.8, 4) is 0 Å². The number of hydrogen-bond acceptors (Lipinski definition) is 6. The van der Waals surface area contributed by atoms with E-state index in [1.807, 2.05) is 12.1 Å². The fourth-order valence-electron chi connectivity index (χ4n) is 3.68. The van der Waals surface area contributed by atoms with Crippen LogP contribution in [0, 0.1) is 0 Å². The Bertz CT molecular complexity index is 1180. The number of carbonyl (C=O) groups excluding carboxylic acids is 1. The standard InChI is InChI=1S/C24H31N3O3S2/c1-5-18-12-11-14-20-22(18)25-24(31-20)27(17-16-26(6-2)7-3)23(28)19-13-9-10-15-21(19)32(29,30)8-4/h9-15H,5-8,16-17H2,1-4H3. The summed E-state index contributed by atoms with van der Waals surface area (Å²) in [5.41, 5.74) is 2.24. The van der Waals surface area contributed by atoms with Crippen molar-refractivity contribution in [2.45, 2.75) is 39.0 Å². The summed E-state index contributed by atoms with van der Waals surface area (Å²) in [5.74, 6) is -0.389. The Morgan fingerprint density at radius 2 is 1.69 bits per heavy atom. The van der Waals surface area contributed by atoms with Gasteiger partial charge in [0.05, 0.1) is 26.4 Å². The van der Waals surface area contributed by atoms with Gasteiger partial charge in [-0.05, 0) is 43.3 Å². The maximum absolute atomic E-state index is 13.8. The number of thiazole rings is 1. The molecule has 0 aliphatic rings. The van der Waals surface area contributed by atoms with Gasteiger partial charge in [-0.1, -0.05) is 63.3 Å². The minimum atomic E-state index is -3.54. The lowest BCUT2D eigenvalue weighted by Crippen LogP contribution is -2.39. The molecule has 0 aliphatic heterocycles. The highest BCUT2D eigenvalue weighted by molar-refractivity contribution is 7.91. The summed E-state index contributed by atoms with van der Waals surface area (Å²) in [7, 11) is -3.54. The van der Waals surface area contributed by atoms with Crippen LogP contribution in [-0.4, -0.2) is 56.1 Å². The number of fused-ring (bicyclic) bond motifs is 1. The number of likely N-dealkylation sites (N-methyl/N-ethyl adjacent to an activating group) is 1. The van der Waals surface area contributed by atoms with Gasteiger partial charge in [0.15, 0.2) is 15.0 Å². The zero-order valence-corrected chi connectivity index (χ0v) is 20.8. The molecule has 0 fully saturated rings. The van der Waals surface area contributed by atoms with Crippen LogP contribution in [0.3, 0.4) is 0 Å². The van der Waals surface area contributed by atoms with E-state index in [-0.39, 0.29) is 22.1 Å². The minimum absolute atomic E-state index is 0.0578. The molecule has 172 valence electrons. The second-order valence-electron chi connectivity index (χ2n) is 7.50. The molecule has 0 aliphatic carbocycles. The molecule has 1 heterocycles. The summed E-state index contributed by atoms with van der Waals surface area (Å²) in [5, 5.41) is 0.599. The van der Waals surface area contributed by atoms with Gasteiger partial charge in [-0.2, -0.15) is 0 Å². The van der Waals surface area contributed by atoms with Crippen molar-refractivity contribution >= 4 is 42.4 Å². The molecule has 3 rings (SSSR count). The first kappa shape index (κ1) is 24.4. The fraction of sp³-hybridized carbons (Fsp3) is 0.417. The Morgan fingerprint density at radius 1 is 0.969 bits per heavy atom. The topological polar surface area (TPSA) is 70.6 Å². The van der Waals surface area contributed by atoms with Crippen LogP contribution in [0.1, 0.15) is 43.6 Å². The molecule has 32 heavy (non-hydrogen) atoms. The van der Waals surface area contributed by atoms with E-state index in [9.17, 15) is 13.2 Å². The predicted octanol–water partition coefficient (Wildman–Crippen LogP) is 4.64. The third-order valence-electron chi connectivity index (χ3n) is 5.72. The Hall–Kier alpha value is -2.29. The quantitative estimate of drug-likeness (QED) is 0.429. The molecule has 6 nitrogen and oxygen atoms in total. The van der Waals surface area contributed by atoms with E-state index in [2.05, 4.69) is 31.7 Å². The van der Waals surface area contributed by atoms with Crippen LogP contribution < -0.4 is 4.90 Å². The number of para-hydroxylation sites is 1. The van der Waals surface area contributed by atoms with Crippen molar-refractivity contribution in [1.82, 2.24) is 9.88 Å². The minimum Gasteiger partial charge on any atom is -0.302 e. The molecule has 0 unspecified atom stereocenters. The molecule has 0 saturated carbocycles. The number of carbonyl (C=O) groups is 1. The highest BCUT2D eigenvalue weighted by Gasteiger charge is 2.27. The highest BCUT2D eigenvalue weighted by atomic mass is 32.2. The molecule has 0 atom stereocenters. The van der Waals surface area contributed by atoms with Crippen LogP contribution in [0.5, 0.6) is 0 Å². The van der Waals surface area contributed by atoms with Gasteiger partial charge in [0, 0.05) is 13.1 Å². The van der Waals surface area contributed by atoms with E-state index in [1.54, 1.807) is 30.0 Å². The maximum Gasteiger partial charge on any atom is 0.261 e. The van der Waals surface area contributed by atoms with Crippen LogP contribution in [0.4, 0.5) is 5.13 Å². The van der Waals surface area contributed by atoms with Gasteiger partial charge in [0.25, 0.3) is 5.91 Å². The molecule has 1 amide bonds. The predicted molar refractivity (Wildman–Crippen MR) is 133 cm³/mol. The van der Waals surface area contributed by atoms with E-state index in [1.165, 1.54) is 17.4 Å². The van der Waals surface area contributed by atoms with Crippen LogP contribution in [-0.2, 0) is 16.3 Å². The largest absolute Gasteiger partial charge is 0.302 e. The van der Waals surface area contributed by atoms with Crippen LogP contribution in [0.2, 0.25) is 0 Å². The van der Waals surface area contributed by atoms with Gasteiger partial charge in [-0.3, -0.25) is 9.69 Å². The van der Waals surface area contributed by atoms with Gasteiger partial charge >= 0.3 is 0 Å². The first-order chi connectivity index (χ1) is 15.4. The zero-order valence-electron chi connectivity index (χ0n) is 19.2.